The van der Waals surface area contributed by atoms with Crippen molar-refractivity contribution in [2.45, 2.75) is 44.4 Å². The van der Waals surface area contributed by atoms with Crippen LogP contribution in [0.25, 0.3) is 0 Å². The molecule has 154 valence electrons. The number of sulfonamides is 1. The average Bonchev–Trinajstić information content (AvgIpc) is 2.72. The van der Waals surface area contributed by atoms with Gasteiger partial charge in [-0.15, -0.1) is 0 Å². The lowest BCUT2D eigenvalue weighted by Crippen LogP contribution is -2.41. The fraction of sp³-hybridized carbons (Fsp3) is 0.348. The van der Waals surface area contributed by atoms with Gasteiger partial charge in [-0.3, -0.25) is 9.10 Å². The highest BCUT2D eigenvalue weighted by molar-refractivity contribution is 7.92. The molecule has 0 bridgehead atoms. The Labute approximate surface area is 173 Å². The van der Waals surface area contributed by atoms with Crippen molar-refractivity contribution in [3.63, 3.8) is 0 Å². The second-order valence-corrected chi connectivity index (χ2v) is 9.41. The molecule has 0 saturated carbocycles. The monoisotopic (exact) mass is 412 g/mol. The minimum absolute atomic E-state index is 0.173. The van der Waals surface area contributed by atoms with Crippen LogP contribution in [-0.4, -0.2) is 27.4 Å². The number of aryl methyl sites for hydroxylation is 2. The molecule has 1 aliphatic carbocycles. The van der Waals surface area contributed by atoms with Gasteiger partial charge in [0, 0.05) is 6.54 Å². The molecule has 0 heterocycles. The fourth-order valence-corrected chi connectivity index (χ4v) is 4.75. The second-order valence-electron chi connectivity index (χ2n) is 7.55. The smallest absolute Gasteiger partial charge is 0.264 e. The van der Waals surface area contributed by atoms with Gasteiger partial charge in [-0.25, -0.2) is 8.42 Å². The number of rotatable bonds is 7. The van der Waals surface area contributed by atoms with Crippen LogP contribution in [0.5, 0.6) is 0 Å². The molecule has 1 amide bonds. The summed E-state index contributed by atoms with van der Waals surface area (Å²) < 4.78 is 27.8. The SMILES string of the molecule is Cc1ccc(N(CC(=O)NCC2=CCCCC2)S(=O)(=O)c2ccc(C)cc2)cc1. The highest BCUT2D eigenvalue weighted by Crippen LogP contribution is 2.24. The summed E-state index contributed by atoms with van der Waals surface area (Å²) in [6, 6.07) is 13.8. The van der Waals surface area contributed by atoms with E-state index < -0.39 is 10.0 Å². The second kappa shape index (κ2) is 9.27. The average molecular weight is 413 g/mol. The van der Waals surface area contributed by atoms with Crippen LogP contribution in [-0.2, 0) is 14.8 Å². The lowest BCUT2D eigenvalue weighted by Gasteiger charge is -2.24. The third-order valence-corrected chi connectivity index (χ3v) is 6.90. The zero-order valence-corrected chi connectivity index (χ0v) is 17.8. The number of amides is 1. The molecule has 0 aliphatic heterocycles. The number of hydrogen-bond acceptors (Lipinski definition) is 3. The highest BCUT2D eigenvalue weighted by Gasteiger charge is 2.27. The van der Waals surface area contributed by atoms with Gasteiger partial charge < -0.3 is 5.32 Å². The van der Waals surface area contributed by atoms with Crippen LogP contribution in [0.15, 0.2) is 65.1 Å². The van der Waals surface area contributed by atoms with E-state index in [1.165, 1.54) is 16.3 Å². The first-order valence-corrected chi connectivity index (χ1v) is 11.4. The molecule has 6 heteroatoms. The number of allylic oxidation sites excluding steroid dienone is 1. The van der Waals surface area contributed by atoms with E-state index in [0.29, 0.717) is 12.2 Å². The Balaban J connectivity index is 1.83. The summed E-state index contributed by atoms with van der Waals surface area (Å²) >= 11 is 0. The van der Waals surface area contributed by atoms with E-state index in [1.807, 2.05) is 26.0 Å². The molecule has 0 radical (unpaired) electrons. The van der Waals surface area contributed by atoms with Gasteiger partial charge in [0.2, 0.25) is 5.91 Å². The van der Waals surface area contributed by atoms with Crippen molar-refractivity contribution < 1.29 is 13.2 Å². The third kappa shape index (κ3) is 5.48. The number of hydrogen-bond donors (Lipinski definition) is 1. The quantitative estimate of drug-likeness (QED) is 0.696. The molecule has 3 rings (SSSR count). The summed E-state index contributed by atoms with van der Waals surface area (Å²) in [5.41, 5.74) is 3.69. The van der Waals surface area contributed by atoms with E-state index in [2.05, 4.69) is 11.4 Å². The Morgan fingerprint density at radius 1 is 0.966 bits per heavy atom. The van der Waals surface area contributed by atoms with Gasteiger partial charge in [0.15, 0.2) is 0 Å². The van der Waals surface area contributed by atoms with Crippen LogP contribution in [0.2, 0.25) is 0 Å². The topological polar surface area (TPSA) is 66.5 Å². The summed E-state index contributed by atoms with van der Waals surface area (Å²) in [4.78, 5) is 12.8. The minimum atomic E-state index is -3.86. The molecule has 0 aromatic heterocycles. The van der Waals surface area contributed by atoms with Crippen molar-refractivity contribution in [1.29, 1.82) is 0 Å². The maximum absolute atomic E-state index is 13.3. The van der Waals surface area contributed by atoms with Crippen molar-refractivity contribution in [2.75, 3.05) is 17.4 Å². The van der Waals surface area contributed by atoms with Gasteiger partial charge in [0.05, 0.1) is 10.6 Å². The fourth-order valence-electron chi connectivity index (χ4n) is 3.33. The first-order valence-electron chi connectivity index (χ1n) is 9.97. The Morgan fingerprint density at radius 2 is 1.59 bits per heavy atom. The number of carbonyl (C=O) groups is 1. The van der Waals surface area contributed by atoms with Gasteiger partial charge in [-0.1, -0.05) is 47.0 Å². The molecule has 0 atom stereocenters. The first-order chi connectivity index (χ1) is 13.9. The summed E-state index contributed by atoms with van der Waals surface area (Å²) in [6.45, 7) is 4.06. The summed E-state index contributed by atoms with van der Waals surface area (Å²) in [5, 5.41) is 2.88. The Morgan fingerprint density at radius 3 is 2.17 bits per heavy atom. The van der Waals surface area contributed by atoms with Crippen LogP contribution in [0.3, 0.4) is 0 Å². The summed E-state index contributed by atoms with van der Waals surface area (Å²) in [5.74, 6) is -0.312. The van der Waals surface area contributed by atoms with Crippen LogP contribution in [0, 0.1) is 13.8 Å². The normalized spacial score (nSPS) is 14.2. The van der Waals surface area contributed by atoms with E-state index in [9.17, 15) is 13.2 Å². The van der Waals surface area contributed by atoms with Gasteiger partial charge in [-0.2, -0.15) is 0 Å². The molecule has 1 N–H and O–H groups in total. The molecule has 1 aliphatic rings. The van der Waals surface area contributed by atoms with Crippen LogP contribution in [0.1, 0.15) is 36.8 Å². The zero-order valence-electron chi connectivity index (χ0n) is 17.0. The molecule has 0 fully saturated rings. The van der Waals surface area contributed by atoms with E-state index in [4.69, 9.17) is 0 Å². The molecule has 29 heavy (non-hydrogen) atoms. The molecule has 0 spiro atoms. The van der Waals surface area contributed by atoms with E-state index >= 15 is 0 Å². The molecular formula is C23H28N2O3S. The van der Waals surface area contributed by atoms with Crippen molar-refractivity contribution in [3.05, 3.63) is 71.3 Å². The number of nitrogens with zero attached hydrogens (tertiary/aromatic N) is 1. The first kappa shape index (κ1) is 21.1. The minimum Gasteiger partial charge on any atom is -0.351 e. The third-order valence-electron chi connectivity index (χ3n) is 5.12. The van der Waals surface area contributed by atoms with Gasteiger partial charge in [0.1, 0.15) is 6.54 Å². The summed E-state index contributed by atoms with van der Waals surface area (Å²) in [6.07, 6.45) is 6.53. The van der Waals surface area contributed by atoms with Crippen molar-refractivity contribution >= 4 is 21.6 Å². The summed E-state index contributed by atoms with van der Waals surface area (Å²) in [7, 11) is -3.86. The molecule has 0 unspecified atom stereocenters. The maximum atomic E-state index is 13.3. The van der Waals surface area contributed by atoms with Crippen molar-refractivity contribution in [2.24, 2.45) is 0 Å². The molecular weight excluding hydrogens is 384 g/mol. The standard InChI is InChI=1S/C23H28N2O3S/c1-18-8-12-21(13-9-18)25(29(27,28)22-14-10-19(2)11-15-22)17-23(26)24-16-20-6-4-3-5-7-20/h6,8-15H,3-5,7,16-17H2,1-2H3,(H,24,26). The van der Waals surface area contributed by atoms with Crippen molar-refractivity contribution in [3.8, 4) is 0 Å². The lowest BCUT2D eigenvalue weighted by atomic mass is 10.00. The van der Waals surface area contributed by atoms with Crippen molar-refractivity contribution in [1.82, 2.24) is 5.32 Å². The maximum Gasteiger partial charge on any atom is 0.264 e. The predicted molar refractivity (Wildman–Crippen MR) is 116 cm³/mol. The predicted octanol–water partition coefficient (Wildman–Crippen LogP) is 4.12. The van der Waals surface area contributed by atoms with Gasteiger partial charge >= 0.3 is 0 Å². The van der Waals surface area contributed by atoms with Crippen LogP contribution in [0.4, 0.5) is 5.69 Å². The number of anilines is 1. The Kier molecular flexibility index (Phi) is 6.75. The van der Waals surface area contributed by atoms with E-state index in [1.54, 1.807) is 36.4 Å². The Hall–Kier alpha value is -2.60. The van der Waals surface area contributed by atoms with Crippen LogP contribution >= 0.6 is 0 Å². The largest absolute Gasteiger partial charge is 0.351 e. The highest BCUT2D eigenvalue weighted by atomic mass is 32.2. The zero-order chi connectivity index (χ0) is 20.9. The molecule has 2 aromatic rings. The van der Waals surface area contributed by atoms with Crippen LogP contribution < -0.4 is 9.62 Å². The van der Waals surface area contributed by atoms with Gasteiger partial charge in [0.25, 0.3) is 10.0 Å². The Bertz CT molecular complexity index is 978. The number of benzene rings is 2. The molecule has 0 saturated heterocycles. The van der Waals surface area contributed by atoms with E-state index in [0.717, 1.165) is 30.4 Å². The lowest BCUT2D eigenvalue weighted by molar-refractivity contribution is -0.119. The molecule has 2 aromatic carbocycles. The number of nitrogens with one attached hydrogen (secondary N) is 1. The van der Waals surface area contributed by atoms with Gasteiger partial charge in [-0.05, 0) is 63.8 Å². The van der Waals surface area contributed by atoms with E-state index in [-0.39, 0.29) is 17.3 Å². The molecule has 5 nitrogen and oxygen atoms in total. The number of carbonyl (C=O) groups excluding carboxylic acids is 1.